The van der Waals surface area contributed by atoms with Crippen molar-refractivity contribution >= 4 is 22.6 Å². The Kier molecular flexibility index (Phi) is 4.34. The van der Waals surface area contributed by atoms with E-state index in [1.165, 1.54) is 19.3 Å². The van der Waals surface area contributed by atoms with Crippen LogP contribution in [0.4, 0.5) is 0 Å². The van der Waals surface area contributed by atoms with E-state index in [1.807, 2.05) is 22.6 Å². The maximum absolute atomic E-state index is 11.7. The highest BCUT2D eigenvalue weighted by Crippen LogP contribution is 2.10. The van der Waals surface area contributed by atoms with Gasteiger partial charge in [-0.1, -0.05) is 6.42 Å². The van der Waals surface area contributed by atoms with Crippen molar-refractivity contribution in [3.05, 3.63) is 26.4 Å². The zero-order valence-corrected chi connectivity index (χ0v) is 11.3. The van der Waals surface area contributed by atoms with Gasteiger partial charge < -0.3 is 5.32 Å². The van der Waals surface area contributed by atoms with Crippen LogP contribution >= 0.6 is 22.6 Å². The van der Waals surface area contributed by atoms with E-state index in [2.05, 4.69) is 10.3 Å². The first kappa shape index (κ1) is 12.0. The summed E-state index contributed by atoms with van der Waals surface area (Å²) in [6, 6.07) is 0.568. The third kappa shape index (κ3) is 3.04. The zero-order chi connectivity index (χ0) is 11.4. The van der Waals surface area contributed by atoms with Crippen LogP contribution in [0.5, 0.6) is 0 Å². The van der Waals surface area contributed by atoms with Crippen LogP contribution in [0.3, 0.4) is 0 Å². The summed E-state index contributed by atoms with van der Waals surface area (Å²) in [4.78, 5) is 15.8. The highest BCUT2D eigenvalue weighted by Gasteiger charge is 2.12. The number of aromatic nitrogens is 2. The fourth-order valence-electron chi connectivity index (χ4n) is 2.05. The molecule has 1 atom stereocenters. The van der Waals surface area contributed by atoms with Crippen molar-refractivity contribution in [1.29, 1.82) is 0 Å². The monoisotopic (exact) mass is 333 g/mol. The average molecular weight is 333 g/mol. The Morgan fingerprint density at radius 2 is 2.44 bits per heavy atom. The molecule has 1 saturated heterocycles. The number of nitrogens with one attached hydrogen (secondary N) is 1. The predicted octanol–water partition coefficient (Wildman–Crippen LogP) is 1.38. The van der Waals surface area contributed by atoms with Gasteiger partial charge in [0, 0.05) is 18.8 Å². The quantitative estimate of drug-likeness (QED) is 0.851. The number of hydrogen-bond donors (Lipinski definition) is 1. The van der Waals surface area contributed by atoms with E-state index >= 15 is 0 Å². The molecule has 1 aromatic heterocycles. The molecule has 0 amide bonds. The molecule has 0 saturated carbocycles. The lowest BCUT2D eigenvalue weighted by Gasteiger charge is -2.23. The highest BCUT2D eigenvalue weighted by molar-refractivity contribution is 14.1. The van der Waals surface area contributed by atoms with Crippen LogP contribution < -0.4 is 10.9 Å². The van der Waals surface area contributed by atoms with Gasteiger partial charge in [-0.25, -0.2) is 4.98 Å². The molecule has 2 rings (SSSR count). The SMILES string of the molecule is O=c1c(I)cncn1CCC1CCCCN1. The van der Waals surface area contributed by atoms with Gasteiger partial charge in [-0.05, 0) is 48.4 Å². The summed E-state index contributed by atoms with van der Waals surface area (Å²) in [5, 5.41) is 3.49. The molecule has 88 valence electrons. The lowest BCUT2D eigenvalue weighted by atomic mass is 10.0. The van der Waals surface area contributed by atoms with Crippen molar-refractivity contribution in [3.8, 4) is 0 Å². The Balaban J connectivity index is 1.94. The fourth-order valence-corrected chi connectivity index (χ4v) is 2.52. The van der Waals surface area contributed by atoms with E-state index in [9.17, 15) is 4.79 Å². The van der Waals surface area contributed by atoms with Crippen LogP contribution in [-0.2, 0) is 6.54 Å². The van der Waals surface area contributed by atoms with E-state index in [0.717, 1.165) is 19.5 Å². The van der Waals surface area contributed by atoms with Gasteiger partial charge in [0.15, 0.2) is 0 Å². The minimum absolute atomic E-state index is 0.0754. The molecule has 0 aromatic carbocycles. The molecule has 16 heavy (non-hydrogen) atoms. The van der Waals surface area contributed by atoms with Gasteiger partial charge in [0.25, 0.3) is 5.56 Å². The second-order valence-electron chi connectivity index (χ2n) is 4.18. The van der Waals surface area contributed by atoms with E-state index in [0.29, 0.717) is 9.61 Å². The molecule has 5 heteroatoms. The van der Waals surface area contributed by atoms with Crippen molar-refractivity contribution in [2.45, 2.75) is 38.3 Å². The van der Waals surface area contributed by atoms with Crippen LogP contribution in [0.15, 0.2) is 17.3 Å². The molecular formula is C11H16IN3O. The van der Waals surface area contributed by atoms with Gasteiger partial charge in [0.05, 0.1) is 9.90 Å². The Morgan fingerprint density at radius 1 is 1.56 bits per heavy atom. The molecule has 0 spiro atoms. The number of aryl methyl sites for hydroxylation is 1. The Hall–Kier alpha value is -0.430. The molecule has 2 heterocycles. The maximum Gasteiger partial charge on any atom is 0.266 e. The highest BCUT2D eigenvalue weighted by atomic mass is 127. The molecular weight excluding hydrogens is 317 g/mol. The predicted molar refractivity (Wildman–Crippen MR) is 71.5 cm³/mol. The van der Waals surface area contributed by atoms with Crippen LogP contribution in [0, 0.1) is 3.57 Å². The Morgan fingerprint density at radius 3 is 3.19 bits per heavy atom. The molecule has 0 bridgehead atoms. The molecule has 1 N–H and O–H groups in total. The molecule has 1 aliphatic rings. The summed E-state index contributed by atoms with van der Waals surface area (Å²) in [5.74, 6) is 0. The zero-order valence-electron chi connectivity index (χ0n) is 9.16. The van der Waals surface area contributed by atoms with E-state index in [4.69, 9.17) is 0 Å². The normalized spacial score (nSPS) is 20.9. The molecule has 4 nitrogen and oxygen atoms in total. The van der Waals surface area contributed by atoms with Gasteiger partial charge in [-0.15, -0.1) is 0 Å². The molecule has 1 aliphatic heterocycles. The smallest absolute Gasteiger partial charge is 0.266 e. The average Bonchev–Trinajstić information content (AvgIpc) is 2.32. The van der Waals surface area contributed by atoms with Gasteiger partial charge in [-0.2, -0.15) is 0 Å². The summed E-state index contributed by atoms with van der Waals surface area (Å²) in [7, 11) is 0. The van der Waals surface area contributed by atoms with Crippen molar-refractivity contribution in [3.63, 3.8) is 0 Å². The largest absolute Gasteiger partial charge is 0.314 e. The first-order chi connectivity index (χ1) is 7.77. The summed E-state index contributed by atoms with van der Waals surface area (Å²) in [6.45, 7) is 1.88. The van der Waals surface area contributed by atoms with E-state index in [-0.39, 0.29) is 5.56 Å². The van der Waals surface area contributed by atoms with Gasteiger partial charge >= 0.3 is 0 Å². The van der Waals surface area contributed by atoms with Crippen molar-refractivity contribution in [2.75, 3.05) is 6.54 Å². The fraction of sp³-hybridized carbons (Fsp3) is 0.636. The summed E-state index contributed by atoms with van der Waals surface area (Å²) in [5.41, 5.74) is 0.0754. The number of rotatable bonds is 3. The van der Waals surface area contributed by atoms with Gasteiger partial charge in [-0.3, -0.25) is 9.36 Å². The minimum atomic E-state index is 0.0754. The van der Waals surface area contributed by atoms with Crippen molar-refractivity contribution in [1.82, 2.24) is 14.9 Å². The van der Waals surface area contributed by atoms with Crippen LogP contribution in [0.1, 0.15) is 25.7 Å². The molecule has 1 fully saturated rings. The van der Waals surface area contributed by atoms with E-state index in [1.54, 1.807) is 17.1 Å². The second kappa shape index (κ2) is 5.77. The van der Waals surface area contributed by atoms with E-state index < -0.39 is 0 Å². The number of hydrogen-bond acceptors (Lipinski definition) is 3. The Labute approximate surface area is 109 Å². The first-order valence-corrected chi connectivity index (χ1v) is 6.78. The van der Waals surface area contributed by atoms with Crippen molar-refractivity contribution < 1.29 is 0 Å². The molecule has 1 unspecified atom stereocenters. The lowest BCUT2D eigenvalue weighted by molar-refractivity contribution is 0.364. The van der Waals surface area contributed by atoms with Gasteiger partial charge in [0.1, 0.15) is 0 Å². The summed E-state index contributed by atoms with van der Waals surface area (Å²) >= 11 is 2.03. The summed E-state index contributed by atoms with van der Waals surface area (Å²) < 4.78 is 2.40. The van der Waals surface area contributed by atoms with Gasteiger partial charge in [0.2, 0.25) is 0 Å². The second-order valence-corrected chi connectivity index (χ2v) is 5.34. The molecule has 0 aliphatic carbocycles. The van der Waals surface area contributed by atoms with Crippen LogP contribution in [-0.4, -0.2) is 22.1 Å². The lowest BCUT2D eigenvalue weighted by Crippen LogP contribution is -2.35. The topological polar surface area (TPSA) is 46.9 Å². The number of halogens is 1. The standard InChI is InChI=1S/C11H16IN3O/c12-10-7-13-8-15(11(10)16)6-4-9-3-1-2-5-14-9/h7-9,14H,1-6H2. The third-order valence-corrected chi connectivity index (χ3v) is 3.73. The Bertz CT molecular complexity index is 398. The van der Waals surface area contributed by atoms with Crippen LogP contribution in [0.2, 0.25) is 0 Å². The molecule has 0 radical (unpaired) electrons. The third-order valence-electron chi connectivity index (χ3n) is 2.99. The molecule has 1 aromatic rings. The number of piperidine rings is 1. The first-order valence-electron chi connectivity index (χ1n) is 5.70. The minimum Gasteiger partial charge on any atom is -0.314 e. The maximum atomic E-state index is 11.7. The van der Waals surface area contributed by atoms with Crippen molar-refractivity contribution in [2.24, 2.45) is 0 Å². The van der Waals surface area contributed by atoms with Crippen LogP contribution in [0.25, 0.3) is 0 Å². The summed E-state index contributed by atoms with van der Waals surface area (Å²) in [6.07, 6.45) is 8.07. The number of nitrogens with zero attached hydrogens (tertiary/aromatic N) is 2.